The number of para-hydroxylation sites is 1. The Kier molecular flexibility index (Phi) is 4.34. The lowest BCUT2D eigenvalue weighted by atomic mass is 9.92. The first-order chi connectivity index (χ1) is 11.1. The van der Waals surface area contributed by atoms with Gasteiger partial charge in [0, 0.05) is 19.1 Å². The van der Waals surface area contributed by atoms with Crippen LogP contribution in [0.15, 0.2) is 36.5 Å². The van der Waals surface area contributed by atoms with Crippen molar-refractivity contribution in [2.24, 2.45) is 11.7 Å². The highest BCUT2D eigenvalue weighted by Gasteiger charge is 2.32. The number of benzene rings is 1. The smallest absolute Gasteiger partial charge is 0.278 e. The predicted octanol–water partition coefficient (Wildman–Crippen LogP) is 1.78. The Morgan fingerprint density at radius 1 is 1.39 bits per heavy atom. The van der Waals surface area contributed by atoms with Crippen LogP contribution in [0.25, 0.3) is 5.69 Å². The van der Waals surface area contributed by atoms with Crippen LogP contribution >= 0.6 is 0 Å². The lowest BCUT2D eigenvalue weighted by Crippen LogP contribution is -2.49. The van der Waals surface area contributed by atoms with E-state index >= 15 is 0 Å². The SMILES string of the molecule is CC1CCN(C(=O)c2nn(-c3ccccc3)cc2O)C(CN)C1. The van der Waals surface area contributed by atoms with Crippen molar-refractivity contribution in [2.75, 3.05) is 13.1 Å². The first-order valence-electron chi connectivity index (χ1n) is 7.95. The van der Waals surface area contributed by atoms with E-state index in [-0.39, 0.29) is 23.4 Å². The van der Waals surface area contributed by atoms with Crippen LogP contribution in [0.5, 0.6) is 5.75 Å². The molecule has 6 nitrogen and oxygen atoms in total. The fourth-order valence-corrected chi connectivity index (χ4v) is 3.11. The summed E-state index contributed by atoms with van der Waals surface area (Å²) >= 11 is 0. The molecule has 0 bridgehead atoms. The largest absolute Gasteiger partial charge is 0.504 e. The number of aromatic nitrogens is 2. The monoisotopic (exact) mass is 314 g/mol. The van der Waals surface area contributed by atoms with E-state index in [0.29, 0.717) is 19.0 Å². The molecule has 23 heavy (non-hydrogen) atoms. The highest BCUT2D eigenvalue weighted by Crippen LogP contribution is 2.26. The Balaban J connectivity index is 1.87. The standard InChI is InChI=1S/C17H22N4O2/c1-12-7-8-20(14(9-12)10-18)17(23)16-15(22)11-21(19-16)13-5-3-2-4-6-13/h2-6,11-12,14,22H,7-10,18H2,1H3. The summed E-state index contributed by atoms with van der Waals surface area (Å²) in [7, 11) is 0. The number of carbonyl (C=O) groups excluding carboxylic acids is 1. The first kappa shape index (κ1) is 15.6. The number of nitrogens with two attached hydrogens (primary N) is 1. The Labute approximate surface area is 135 Å². The van der Waals surface area contributed by atoms with E-state index in [1.54, 1.807) is 4.90 Å². The van der Waals surface area contributed by atoms with Crippen molar-refractivity contribution in [3.63, 3.8) is 0 Å². The molecule has 1 aromatic carbocycles. The van der Waals surface area contributed by atoms with Crippen LogP contribution in [0.1, 0.15) is 30.3 Å². The van der Waals surface area contributed by atoms with E-state index < -0.39 is 0 Å². The number of amides is 1. The number of aromatic hydroxyl groups is 1. The Morgan fingerprint density at radius 3 is 2.83 bits per heavy atom. The summed E-state index contributed by atoms with van der Waals surface area (Å²) in [6, 6.07) is 9.41. The molecular formula is C17H22N4O2. The van der Waals surface area contributed by atoms with E-state index in [1.165, 1.54) is 10.9 Å². The molecule has 1 aliphatic heterocycles. The Hall–Kier alpha value is -2.34. The molecule has 2 unspecified atom stereocenters. The second-order valence-electron chi connectivity index (χ2n) is 6.16. The summed E-state index contributed by atoms with van der Waals surface area (Å²) in [4.78, 5) is 14.5. The molecule has 1 saturated heterocycles. The minimum atomic E-state index is -0.250. The van der Waals surface area contributed by atoms with Gasteiger partial charge in [0.1, 0.15) is 0 Å². The maximum Gasteiger partial charge on any atom is 0.278 e. The van der Waals surface area contributed by atoms with Crippen LogP contribution < -0.4 is 5.73 Å². The fourth-order valence-electron chi connectivity index (χ4n) is 3.11. The molecule has 2 heterocycles. The molecule has 1 aliphatic rings. The van der Waals surface area contributed by atoms with Crippen LogP contribution in [0.4, 0.5) is 0 Å². The molecule has 1 fully saturated rings. The predicted molar refractivity (Wildman–Crippen MR) is 87.5 cm³/mol. The quantitative estimate of drug-likeness (QED) is 0.904. The third-order valence-corrected chi connectivity index (χ3v) is 4.43. The van der Waals surface area contributed by atoms with E-state index in [1.807, 2.05) is 30.3 Å². The van der Waals surface area contributed by atoms with Gasteiger partial charge in [-0.3, -0.25) is 4.79 Å². The van der Waals surface area contributed by atoms with Gasteiger partial charge in [-0.15, -0.1) is 0 Å². The van der Waals surface area contributed by atoms with Crippen LogP contribution in [-0.4, -0.2) is 44.8 Å². The Morgan fingerprint density at radius 2 is 2.13 bits per heavy atom. The van der Waals surface area contributed by atoms with Gasteiger partial charge >= 0.3 is 0 Å². The molecule has 0 aliphatic carbocycles. The van der Waals surface area contributed by atoms with Crippen molar-refractivity contribution in [3.8, 4) is 11.4 Å². The summed E-state index contributed by atoms with van der Waals surface area (Å²) < 4.78 is 1.52. The van der Waals surface area contributed by atoms with Gasteiger partial charge in [0.2, 0.25) is 0 Å². The third kappa shape index (κ3) is 3.07. The average molecular weight is 314 g/mol. The molecular weight excluding hydrogens is 292 g/mol. The molecule has 3 rings (SSSR count). The summed E-state index contributed by atoms with van der Waals surface area (Å²) in [5, 5.41) is 14.4. The van der Waals surface area contributed by atoms with Crippen molar-refractivity contribution in [1.82, 2.24) is 14.7 Å². The molecule has 1 amide bonds. The van der Waals surface area contributed by atoms with Crippen LogP contribution in [0.3, 0.4) is 0 Å². The zero-order valence-electron chi connectivity index (χ0n) is 13.2. The molecule has 2 aromatic rings. The van der Waals surface area contributed by atoms with Crippen LogP contribution in [0.2, 0.25) is 0 Å². The van der Waals surface area contributed by atoms with Crippen LogP contribution in [-0.2, 0) is 0 Å². The number of rotatable bonds is 3. The molecule has 1 aromatic heterocycles. The summed E-state index contributed by atoms with van der Waals surface area (Å²) in [5.41, 5.74) is 6.70. The molecule has 6 heteroatoms. The van der Waals surface area contributed by atoms with Crippen molar-refractivity contribution < 1.29 is 9.90 Å². The molecule has 0 spiro atoms. The molecule has 0 radical (unpaired) electrons. The third-order valence-electron chi connectivity index (χ3n) is 4.43. The van der Waals surface area contributed by atoms with E-state index in [9.17, 15) is 9.90 Å². The van der Waals surface area contributed by atoms with Gasteiger partial charge in [0.05, 0.1) is 11.9 Å². The number of likely N-dealkylation sites (tertiary alicyclic amines) is 1. The van der Waals surface area contributed by atoms with Gasteiger partial charge in [0.15, 0.2) is 11.4 Å². The zero-order valence-corrected chi connectivity index (χ0v) is 13.2. The number of hydrogen-bond donors (Lipinski definition) is 2. The Bertz CT molecular complexity index is 683. The zero-order chi connectivity index (χ0) is 16.4. The second-order valence-corrected chi connectivity index (χ2v) is 6.16. The first-order valence-corrected chi connectivity index (χ1v) is 7.95. The molecule has 0 saturated carbocycles. The van der Waals surface area contributed by atoms with Crippen molar-refractivity contribution >= 4 is 5.91 Å². The van der Waals surface area contributed by atoms with Gasteiger partial charge in [-0.25, -0.2) is 4.68 Å². The summed E-state index contributed by atoms with van der Waals surface area (Å²) in [5.74, 6) is 0.204. The van der Waals surface area contributed by atoms with Crippen molar-refractivity contribution in [1.29, 1.82) is 0 Å². The minimum Gasteiger partial charge on any atom is -0.504 e. The van der Waals surface area contributed by atoms with E-state index in [0.717, 1.165) is 18.5 Å². The average Bonchev–Trinajstić information content (AvgIpc) is 2.97. The molecule has 2 atom stereocenters. The highest BCUT2D eigenvalue weighted by molar-refractivity contribution is 5.95. The van der Waals surface area contributed by atoms with E-state index in [4.69, 9.17) is 5.73 Å². The summed E-state index contributed by atoms with van der Waals surface area (Å²) in [6.45, 7) is 3.25. The van der Waals surface area contributed by atoms with Gasteiger partial charge in [-0.1, -0.05) is 25.1 Å². The number of nitrogens with zero attached hydrogens (tertiary/aromatic N) is 3. The topological polar surface area (TPSA) is 84.4 Å². The minimum absolute atomic E-state index is 0.00697. The van der Waals surface area contributed by atoms with Gasteiger partial charge in [0.25, 0.3) is 5.91 Å². The highest BCUT2D eigenvalue weighted by atomic mass is 16.3. The lowest BCUT2D eigenvalue weighted by Gasteiger charge is -2.37. The van der Waals surface area contributed by atoms with E-state index in [2.05, 4.69) is 12.0 Å². The number of carbonyl (C=O) groups is 1. The molecule has 3 N–H and O–H groups in total. The normalized spacial score (nSPS) is 21.4. The maximum atomic E-state index is 12.8. The number of hydrogen-bond acceptors (Lipinski definition) is 4. The maximum absolute atomic E-state index is 12.8. The number of piperidine rings is 1. The van der Waals surface area contributed by atoms with Gasteiger partial charge in [-0.2, -0.15) is 5.10 Å². The molecule has 122 valence electrons. The van der Waals surface area contributed by atoms with Crippen molar-refractivity contribution in [2.45, 2.75) is 25.8 Å². The summed E-state index contributed by atoms with van der Waals surface area (Å²) in [6.07, 6.45) is 3.30. The lowest BCUT2D eigenvalue weighted by molar-refractivity contribution is 0.0564. The second kappa shape index (κ2) is 6.42. The fraction of sp³-hybridized carbons (Fsp3) is 0.412. The van der Waals surface area contributed by atoms with Gasteiger partial charge in [-0.05, 0) is 30.9 Å². The van der Waals surface area contributed by atoms with Gasteiger partial charge < -0.3 is 15.7 Å². The van der Waals surface area contributed by atoms with Crippen molar-refractivity contribution in [3.05, 3.63) is 42.2 Å². The van der Waals surface area contributed by atoms with Crippen LogP contribution in [0, 0.1) is 5.92 Å².